The van der Waals surface area contributed by atoms with Gasteiger partial charge in [0.25, 0.3) is 0 Å². The Morgan fingerprint density at radius 1 is 1.05 bits per heavy atom. The Morgan fingerprint density at radius 3 is 2.65 bits per heavy atom. The van der Waals surface area contributed by atoms with Crippen LogP contribution in [0.25, 0.3) is 0 Å². The van der Waals surface area contributed by atoms with Gasteiger partial charge in [-0.1, -0.05) is 41.4 Å². The second-order valence-corrected chi connectivity index (χ2v) is 5.46. The number of nitrogens with one attached hydrogen (secondary N) is 2. The number of benzene rings is 2. The Labute approximate surface area is 126 Å². The van der Waals surface area contributed by atoms with E-state index in [9.17, 15) is 4.79 Å². The molecular weight excluding hydrogens is 295 g/mol. The summed E-state index contributed by atoms with van der Waals surface area (Å²) in [4.78, 5) is 11.8. The predicted molar refractivity (Wildman–Crippen MR) is 81.4 cm³/mol. The lowest BCUT2D eigenvalue weighted by Crippen LogP contribution is -2.27. The molecule has 20 heavy (non-hydrogen) atoms. The lowest BCUT2D eigenvalue weighted by molar-refractivity contribution is -0.115. The molecule has 1 aliphatic heterocycles. The summed E-state index contributed by atoms with van der Waals surface area (Å²) in [7, 11) is 0. The predicted octanol–water partition coefficient (Wildman–Crippen LogP) is 3.62. The van der Waals surface area contributed by atoms with Crippen molar-refractivity contribution in [1.29, 1.82) is 0 Å². The smallest absolute Gasteiger partial charge is 0.238 e. The largest absolute Gasteiger partial charge is 0.325 e. The van der Waals surface area contributed by atoms with Gasteiger partial charge in [-0.2, -0.15) is 0 Å². The van der Waals surface area contributed by atoms with Crippen LogP contribution in [0.5, 0.6) is 0 Å². The Balaban J connectivity index is 2.15. The van der Waals surface area contributed by atoms with Crippen molar-refractivity contribution < 1.29 is 4.79 Å². The summed E-state index contributed by atoms with van der Waals surface area (Å²) < 4.78 is 0. The normalized spacial score (nSPS) is 18.1. The maximum Gasteiger partial charge on any atom is 0.238 e. The van der Waals surface area contributed by atoms with Gasteiger partial charge in [-0.25, -0.2) is 0 Å². The van der Waals surface area contributed by atoms with E-state index >= 15 is 0 Å². The van der Waals surface area contributed by atoms with Gasteiger partial charge in [-0.15, -0.1) is 0 Å². The van der Waals surface area contributed by atoms with E-state index in [-0.39, 0.29) is 18.5 Å². The second-order valence-electron chi connectivity index (χ2n) is 4.62. The molecule has 1 amide bonds. The molecule has 5 heteroatoms. The van der Waals surface area contributed by atoms with Crippen LogP contribution in [-0.4, -0.2) is 12.5 Å². The minimum atomic E-state index is -0.170. The van der Waals surface area contributed by atoms with Crippen molar-refractivity contribution in [3.05, 3.63) is 63.6 Å². The maximum atomic E-state index is 11.8. The fraction of sp³-hybridized carbons (Fsp3) is 0.133. The van der Waals surface area contributed by atoms with E-state index in [1.54, 1.807) is 6.07 Å². The standard InChI is InChI=1S/C15H12Cl2N2O/c16-9-5-6-13-11(7-9)15(18-8-14(20)19-13)10-3-1-2-4-12(10)17/h1-7,15,18H,8H2,(H,19,20)/t15-/m1/s1. The van der Waals surface area contributed by atoms with Crippen molar-refractivity contribution in [2.45, 2.75) is 6.04 Å². The quantitative estimate of drug-likeness (QED) is 0.845. The molecule has 0 radical (unpaired) electrons. The third-order valence-corrected chi connectivity index (χ3v) is 3.86. The molecule has 102 valence electrons. The van der Waals surface area contributed by atoms with Crippen LogP contribution in [0.1, 0.15) is 17.2 Å². The zero-order chi connectivity index (χ0) is 14.1. The van der Waals surface area contributed by atoms with Crippen molar-refractivity contribution in [2.24, 2.45) is 0 Å². The van der Waals surface area contributed by atoms with E-state index in [1.807, 2.05) is 36.4 Å². The Kier molecular flexibility index (Phi) is 3.66. The third-order valence-electron chi connectivity index (χ3n) is 3.28. The van der Waals surface area contributed by atoms with E-state index in [0.29, 0.717) is 10.0 Å². The molecule has 0 saturated heterocycles. The van der Waals surface area contributed by atoms with E-state index in [0.717, 1.165) is 16.8 Å². The van der Waals surface area contributed by atoms with Crippen molar-refractivity contribution in [3.63, 3.8) is 0 Å². The summed E-state index contributed by atoms with van der Waals surface area (Å²) in [5.74, 6) is -0.0804. The van der Waals surface area contributed by atoms with Crippen molar-refractivity contribution in [1.82, 2.24) is 5.32 Å². The summed E-state index contributed by atoms with van der Waals surface area (Å²) in [5, 5.41) is 7.36. The minimum Gasteiger partial charge on any atom is -0.325 e. The van der Waals surface area contributed by atoms with Gasteiger partial charge < -0.3 is 5.32 Å². The molecular formula is C15H12Cl2N2O. The Hall–Kier alpha value is -1.55. The minimum absolute atomic E-state index is 0.0804. The molecule has 0 aliphatic carbocycles. The SMILES string of the molecule is O=C1CN[C@H](c2ccccc2Cl)c2cc(Cl)ccc2N1. The van der Waals surface area contributed by atoms with Crippen LogP contribution in [-0.2, 0) is 4.79 Å². The molecule has 2 aromatic rings. The first kappa shape index (κ1) is 13.4. The van der Waals surface area contributed by atoms with Gasteiger partial charge in [-0.3, -0.25) is 10.1 Å². The van der Waals surface area contributed by atoms with Crippen LogP contribution in [0.2, 0.25) is 10.0 Å². The number of hydrogen-bond acceptors (Lipinski definition) is 2. The molecule has 1 atom stereocenters. The van der Waals surface area contributed by atoms with Crippen LogP contribution < -0.4 is 10.6 Å². The molecule has 3 rings (SSSR count). The first-order chi connectivity index (χ1) is 9.65. The molecule has 3 nitrogen and oxygen atoms in total. The second kappa shape index (κ2) is 5.44. The van der Waals surface area contributed by atoms with Gasteiger partial charge in [0.1, 0.15) is 0 Å². The summed E-state index contributed by atoms with van der Waals surface area (Å²) in [5.41, 5.74) is 2.60. The Bertz CT molecular complexity index is 673. The lowest BCUT2D eigenvalue weighted by Gasteiger charge is -2.19. The highest BCUT2D eigenvalue weighted by Crippen LogP contribution is 2.35. The van der Waals surface area contributed by atoms with Crippen LogP contribution in [0.3, 0.4) is 0 Å². The van der Waals surface area contributed by atoms with Crippen molar-refractivity contribution in [2.75, 3.05) is 11.9 Å². The molecule has 0 aromatic heterocycles. The maximum absolute atomic E-state index is 11.8. The first-order valence-corrected chi connectivity index (χ1v) is 6.98. The number of fused-ring (bicyclic) bond motifs is 1. The highest BCUT2D eigenvalue weighted by molar-refractivity contribution is 6.31. The van der Waals surface area contributed by atoms with Crippen molar-refractivity contribution >= 4 is 34.8 Å². The molecule has 2 N–H and O–H groups in total. The monoisotopic (exact) mass is 306 g/mol. The summed E-state index contributed by atoms with van der Waals surface area (Å²) in [6.45, 7) is 0.224. The van der Waals surface area contributed by atoms with E-state index in [1.165, 1.54) is 0 Å². The van der Waals surface area contributed by atoms with Gasteiger partial charge in [0.2, 0.25) is 5.91 Å². The van der Waals surface area contributed by atoms with Gasteiger partial charge in [0.15, 0.2) is 0 Å². The van der Waals surface area contributed by atoms with Gasteiger partial charge in [-0.05, 0) is 35.4 Å². The Morgan fingerprint density at radius 2 is 1.85 bits per heavy atom. The molecule has 0 fully saturated rings. The van der Waals surface area contributed by atoms with E-state index in [2.05, 4.69) is 10.6 Å². The molecule has 1 heterocycles. The van der Waals surface area contributed by atoms with Crippen LogP contribution >= 0.6 is 23.2 Å². The highest BCUT2D eigenvalue weighted by atomic mass is 35.5. The average molecular weight is 307 g/mol. The molecule has 0 spiro atoms. The number of anilines is 1. The first-order valence-electron chi connectivity index (χ1n) is 6.22. The average Bonchev–Trinajstić information content (AvgIpc) is 2.58. The number of halogens is 2. The van der Waals surface area contributed by atoms with Gasteiger partial charge >= 0.3 is 0 Å². The summed E-state index contributed by atoms with van der Waals surface area (Å²) in [6, 6.07) is 12.8. The summed E-state index contributed by atoms with van der Waals surface area (Å²) in [6.07, 6.45) is 0. The number of rotatable bonds is 1. The third kappa shape index (κ3) is 2.52. The van der Waals surface area contributed by atoms with Crippen LogP contribution in [0.15, 0.2) is 42.5 Å². The molecule has 1 aliphatic rings. The number of hydrogen-bond donors (Lipinski definition) is 2. The topological polar surface area (TPSA) is 41.1 Å². The van der Waals surface area contributed by atoms with Crippen molar-refractivity contribution in [3.8, 4) is 0 Å². The lowest BCUT2D eigenvalue weighted by atomic mass is 9.97. The number of amides is 1. The zero-order valence-corrected chi connectivity index (χ0v) is 12.0. The fourth-order valence-corrected chi connectivity index (χ4v) is 2.80. The zero-order valence-electron chi connectivity index (χ0n) is 10.5. The van der Waals surface area contributed by atoms with Gasteiger partial charge in [0, 0.05) is 15.7 Å². The molecule has 0 bridgehead atoms. The van der Waals surface area contributed by atoms with Crippen LogP contribution in [0, 0.1) is 0 Å². The van der Waals surface area contributed by atoms with E-state index in [4.69, 9.17) is 23.2 Å². The van der Waals surface area contributed by atoms with Crippen LogP contribution in [0.4, 0.5) is 5.69 Å². The number of carbonyl (C=O) groups excluding carboxylic acids is 1. The highest BCUT2D eigenvalue weighted by Gasteiger charge is 2.24. The molecule has 2 aromatic carbocycles. The summed E-state index contributed by atoms with van der Waals surface area (Å²) >= 11 is 12.4. The molecule has 0 unspecified atom stereocenters. The van der Waals surface area contributed by atoms with Gasteiger partial charge in [0.05, 0.1) is 12.6 Å². The molecule has 0 saturated carbocycles. The fourth-order valence-electron chi connectivity index (χ4n) is 2.37. The van der Waals surface area contributed by atoms with E-state index < -0.39 is 0 Å². The number of carbonyl (C=O) groups is 1.